The van der Waals surface area contributed by atoms with Gasteiger partial charge in [-0.1, -0.05) is 13.8 Å². The minimum Gasteiger partial charge on any atom is -0.477 e. The second kappa shape index (κ2) is 5.65. The van der Waals surface area contributed by atoms with Gasteiger partial charge in [0, 0.05) is 0 Å². The smallest absolute Gasteiger partial charge is 0.348 e. The number of ether oxygens (including phenoxy) is 1. The Bertz CT molecular complexity index is 381. The average Bonchev–Trinajstić information content (AvgIpc) is 2.65. The van der Waals surface area contributed by atoms with Crippen molar-refractivity contribution < 1.29 is 19.4 Å². The Kier molecular flexibility index (Phi) is 4.49. The Hall–Kier alpha value is -1.36. The standard InChI is InChI=1S/C11H14O4S/c1-7(2)5-6-15-11(14)9-4-3-8(16-9)10(12)13/h3-4,7H,5-6H2,1-2H3,(H,12,13). The molecule has 0 aromatic carbocycles. The summed E-state index contributed by atoms with van der Waals surface area (Å²) >= 11 is 0.934. The number of aromatic carboxylic acids is 1. The van der Waals surface area contributed by atoms with Gasteiger partial charge in [0.25, 0.3) is 0 Å². The summed E-state index contributed by atoms with van der Waals surface area (Å²) in [7, 11) is 0. The van der Waals surface area contributed by atoms with Crippen molar-refractivity contribution in [1.29, 1.82) is 0 Å². The molecule has 1 N–H and O–H groups in total. The Morgan fingerprint density at radius 2 is 2.00 bits per heavy atom. The normalized spacial score (nSPS) is 10.4. The van der Waals surface area contributed by atoms with Crippen molar-refractivity contribution in [3.05, 3.63) is 21.9 Å². The van der Waals surface area contributed by atoms with Crippen LogP contribution in [0.2, 0.25) is 0 Å². The summed E-state index contributed by atoms with van der Waals surface area (Å²) in [5.41, 5.74) is 0. The van der Waals surface area contributed by atoms with Crippen LogP contribution in [0.4, 0.5) is 0 Å². The van der Waals surface area contributed by atoms with E-state index in [1.807, 2.05) is 13.8 Å². The van der Waals surface area contributed by atoms with Gasteiger partial charge in [0.2, 0.25) is 0 Å². The molecule has 0 spiro atoms. The predicted molar refractivity (Wildman–Crippen MR) is 61.0 cm³/mol. The molecule has 0 bridgehead atoms. The molecular weight excluding hydrogens is 228 g/mol. The van der Waals surface area contributed by atoms with Crippen LogP contribution in [0.5, 0.6) is 0 Å². The molecule has 1 aromatic rings. The summed E-state index contributed by atoms with van der Waals surface area (Å²) in [6.45, 7) is 4.46. The van der Waals surface area contributed by atoms with E-state index < -0.39 is 11.9 Å². The first-order valence-corrected chi connectivity index (χ1v) is 5.82. The molecule has 0 amide bonds. The quantitative estimate of drug-likeness (QED) is 0.806. The third-order valence-electron chi connectivity index (χ3n) is 1.95. The first-order chi connectivity index (χ1) is 7.50. The maximum absolute atomic E-state index is 11.5. The topological polar surface area (TPSA) is 63.6 Å². The molecule has 0 radical (unpaired) electrons. The van der Waals surface area contributed by atoms with Crippen LogP contribution in [0.15, 0.2) is 12.1 Å². The van der Waals surface area contributed by atoms with E-state index in [0.29, 0.717) is 17.4 Å². The number of esters is 1. The lowest BCUT2D eigenvalue weighted by atomic mass is 10.1. The van der Waals surface area contributed by atoms with Crippen LogP contribution in [0, 0.1) is 5.92 Å². The lowest BCUT2D eigenvalue weighted by Gasteiger charge is -2.04. The third-order valence-corrected chi connectivity index (χ3v) is 3.00. The molecule has 1 aromatic heterocycles. The number of carboxylic acids is 1. The molecule has 1 heterocycles. The van der Waals surface area contributed by atoms with E-state index in [4.69, 9.17) is 9.84 Å². The van der Waals surface area contributed by atoms with E-state index in [1.165, 1.54) is 12.1 Å². The number of carbonyl (C=O) groups excluding carboxylic acids is 1. The Labute approximate surface area is 97.9 Å². The molecule has 0 aliphatic heterocycles. The lowest BCUT2D eigenvalue weighted by Crippen LogP contribution is -2.06. The summed E-state index contributed by atoms with van der Waals surface area (Å²) in [6.07, 6.45) is 0.808. The Balaban J connectivity index is 2.50. The zero-order valence-corrected chi connectivity index (χ0v) is 10.0. The van der Waals surface area contributed by atoms with Crippen LogP contribution in [0.1, 0.15) is 39.6 Å². The van der Waals surface area contributed by atoms with Gasteiger partial charge in [0.05, 0.1) is 6.61 Å². The SMILES string of the molecule is CC(C)CCOC(=O)c1ccc(C(=O)O)s1. The van der Waals surface area contributed by atoms with Crippen molar-refractivity contribution in [3.8, 4) is 0 Å². The van der Waals surface area contributed by atoms with Gasteiger partial charge < -0.3 is 9.84 Å². The molecule has 16 heavy (non-hydrogen) atoms. The molecule has 0 atom stereocenters. The summed E-state index contributed by atoms with van der Waals surface area (Å²) < 4.78 is 5.01. The number of carbonyl (C=O) groups is 2. The van der Waals surface area contributed by atoms with Gasteiger partial charge in [-0.25, -0.2) is 9.59 Å². The third kappa shape index (κ3) is 3.66. The Morgan fingerprint density at radius 3 is 2.50 bits per heavy atom. The number of thiophene rings is 1. The maximum Gasteiger partial charge on any atom is 0.348 e. The first-order valence-electron chi connectivity index (χ1n) is 5.01. The highest BCUT2D eigenvalue weighted by Gasteiger charge is 2.13. The van der Waals surface area contributed by atoms with Crippen molar-refractivity contribution in [2.75, 3.05) is 6.61 Å². The van der Waals surface area contributed by atoms with Gasteiger partial charge in [-0.3, -0.25) is 0 Å². The molecule has 0 aliphatic rings. The van der Waals surface area contributed by atoms with E-state index in [9.17, 15) is 9.59 Å². The minimum absolute atomic E-state index is 0.149. The second-order valence-corrected chi connectivity index (χ2v) is 4.87. The lowest BCUT2D eigenvalue weighted by molar-refractivity contribution is 0.0493. The van der Waals surface area contributed by atoms with E-state index >= 15 is 0 Å². The van der Waals surface area contributed by atoms with Crippen molar-refractivity contribution in [1.82, 2.24) is 0 Å². The maximum atomic E-state index is 11.5. The van der Waals surface area contributed by atoms with Gasteiger partial charge in [0.15, 0.2) is 0 Å². The predicted octanol–water partition coefficient (Wildman–Crippen LogP) is 2.65. The molecule has 4 nitrogen and oxygen atoms in total. The minimum atomic E-state index is -1.02. The zero-order valence-electron chi connectivity index (χ0n) is 9.23. The molecule has 0 unspecified atom stereocenters. The van der Waals surface area contributed by atoms with Crippen LogP contribution in [-0.4, -0.2) is 23.7 Å². The van der Waals surface area contributed by atoms with E-state index in [2.05, 4.69) is 0 Å². The molecule has 0 saturated carbocycles. The van der Waals surface area contributed by atoms with Crippen LogP contribution < -0.4 is 0 Å². The molecule has 0 saturated heterocycles. The molecular formula is C11H14O4S. The fraction of sp³-hybridized carbons (Fsp3) is 0.455. The summed E-state index contributed by atoms with van der Waals surface area (Å²) in [5, 5.41) is 8.69. The first kappa shape index (κ1) is 12.7. The largest absolute Gasteiger partial charge is 0.477 e. The molecule has 88 valence electrons. The molecule has 0 fully saturated rings. The highest BCUT2D eigenvalue weighted by atomic mass is 32.1. The Morgan fingerprint density at radius 1 is 1.38 bits per heavy atom. The summed E-state index contributed by atoms with van der Waals surface area (Å²) in [5.74, 6) is -0.991. The summed E-state index contributed by atoms with van der Waals surface area (Å²) in [6, 6.07) is 2.89. The average molecular weight is 242 g/mol. The highest BCUT2D eigenvalue weighted by Crippen LogP contribution is 2.17. The second-order valence-electron chi connectivity index (χ2n) is 3.79. The molecule has 0 aliphatic carbocycles. The van der Waals surface area contributed by atoms with Gasteiger partial charge in [-0.05, 0) is 24.5 Å². The van der Waals surface area contributed by atoms with E-state index in [1.54, 1.807) is 0 Å². The van der Waals surface area contributed by atoms with Gasteiger partial charge >= 0.3 is 11.9 Å². The van der Waals surface area contributed by atoms with Crippen molar-refractivity contribution >= 4 is 23.3 Å². The van der Waals surface area contributed by atoms with Crippen LogP contribution >= 0.6 is 11.3 Å². The monoisotopic (exact) mass is 242 g/mol. The van der Waals surface area contributed by atoms with Crippen molar-refractivity contribution in [2.45, 2.75) is 20.3 Å². The highest BCUT2D eigenvalue weighted by molar-refractivity contribution is 7.15. The van der Waals surface area contributed by atoms with E-state index in [-0.39, 0.29) is 4.88 Å². The van der Waals surface area contributed by atoms with Crippen molar-refractivity contribution in [2.24, 2.45) is 5.92 Å². The van der Waals surface area contributed by atoms with E-state index in [0.717, 1.165) is 17.8 Å². The van der Waals surface area contributed by atoms with Crippen LogP contribution in [-0.2, 0) is 4.74 Å². The summed E-state index contributed by atoms with van der Waals surface area (Å²) in [4.78, 5) is 22.5. The molecule has 5 heteroatoms. The van der Waals surface area contributed by atoms with Crippen LogP contribution in [0.25, 0.3) is 0 Å². The van der Waals surface area contributed by atoms with Crippen molar-refractivity contribution in [3.63, 3.8) is 0 Å². The van der Waals surface area contributed by atoms with Crippen LogP contribution in [0.3, 0.4) is 0 Å². The fourth-order valence-electron chi connectivity index (χ4n) is 1.02. The number of hydrogen-bond donors (Lipinski definition) is 1. The van der Waals surface area contributed by atoms with Gasteiger partial charge in [-0.2, -0.15) is 0 Å². The number of hydrogen-bond acceptors (Lipinski definition) is 4. The fourth-order valence-corrected chi connectivity index (χ4v) is 1.76. The van der Waals surface area contributed by atoms with Gasteiger partial charge in [-0.15, -0.1) is 11.3 Å². The number of carboxylic acid groups (broad SMARTS) is 1. The molecule has 1 rings (SSSR count). The van der Waals surface area contributed by atoms with Gasteiger partial charge in [0.1, 0.15) is 9.75 Å². The number of rotatable bonds is 5. The zero-order chi connectivity index (χ0) is 12.1.